The van der Waals surface area contributed by atoms with E-state index < -0.39 is 0 Å². The molecule has 0 aromatic carbocycles. The van der Waals surface area contributed by atoms with Crippen LogP contribution in [-0.4, -0.2) is 4.98 Å². The number of hydrogen-bond donors (Lipinski definition) is 0. The Bertz CT molecular complexity index is 163. The van der Waals surface area contributed by atoms with Gasteiger partial charge in [-0.3, -0.25) is 0 Å². The van der Waals surface area contributed by atoms with Gasteiger partial charge in [0.25, 0.3) is 0 Å². The second-order valence-corrected chi connectivity index (χ2v) is 1.59. The van der Waals surface area contributed by atoms with Crippen LogP contribution < -0.4 is 40.5 Å². The van der Waals surface area contributed by atoms with Gasteiger partial charge in [0, 0.05) is 0 Å². The van der Waals surface area contributed by atoms with Crippen molar-refractivity contribution in [2.75, 3.05) is 0 Å². The summed E-state index contributed by atoms with van der Waals surface area (Å²) in [4.78, 5) is 3.88. The molecule has 0 unspecified atom stereocenters. The summed E-state index contributed by atoms with van der Waals surface area (Å²) in [6, 6.07) is 5.54. The fraction of sp³-hybridized carbons (Fsp3) is 0. The summed E-state index contributed by atoms with van der Waals surface area (Å²) < 4.78 is 4.80. The molecule has 60 valence electrons. The molecule has 0 atom stereocenters. The van der Waals surface area contributed by atoms with Crippen LogP contribution in [0.15, 0.2) is 24.4 Å². The molecule has 0 N–H and O–H groups in total. The summed E-state index contributed by atoms with van der Waals surface area (Å²) in [5.41, 5.74) is 0. The van der Waals surface area contributed by atoms with E-state index in [-0.39, 0.29) is 37.2 Å². The number of nitrogens with zero attached hydrogens (tertiary/aromatic N) is 1. The molecule has 1 aromatic heterocycles. The normalized spacial score (nSPS) is 6.36. The summed E-state index contributed by atoms with van der Waals surface area (Å²) in [6.45, 7) is 0. The van der Waals surface area contributed by atoms with Crippen molar-refractivity contribution < 1.29 is 61.4 Å². The van der Waals surface area contributed by atoms with E-state index in [4.69, 9.17) is 3.32 Å². The van der Waals surface area contributed by atoms with Crippen LogP contribution in [0, 0.1) is 0 Å². The second kappa shape index (κ2) is 10.5. The molecule has 2 nitrogen and oxygen atoms in total. The summed E-state index contributed by atoms with van der Waals surface area (Å²) in [6.07, 6.45) is 1.69. The van der Waals surface area contributed by atoms with E-state index in [0.29, 0.717) is 5.88 Å². The Morgan fingerprint density at radius 3 is 2.09 bits per heavy atom. The molecule has 0 saturated heterocycles. The van der Waals surface area contributed by atoms with Gasteiger partial charge in [-0.15, -0.1) is 0 Å². The van der Waals surface area contributed by atoms with Crippen molar-refractivity contribution in [3.63, 3.8) is 0 Å². The van der Waals surface area contributed by atoms with Crippen molar-refractivity contribution in [3.8, 4) is 5.88 Å². The van der Waals surface area contributed by atoms with Gasteiger partial charge in [-0.25, -0.2) is 0 Å². The molecular weight excluding hydrogens is 244 g/mol. The Kier molecular flexibility index (Phi) is 16.8. The summed E-state index contributed by atoms with van der Waals surface area (Å²) in [5.74, 6) is 0.660. The van der Waals surface area contributed by atoms with Crippen molar-refractivity contribution >= 4 is 0 Å². The first-order chi connectivity index (χ1) is 3.93. The molecule has 0 aliphatic carbocycles. The van der Waals surface area contributed by atoms with Crippen molar-refractivity contribution in [1.29, 1.82) is 0 Å². The van der Waals surface area contributed by atoms with E-state index in [1.807, 2.05) is 12.1 Å². The molecule has 6 heteroatoms. The number of rotatable bonds is 1. The second-order valence-electron chi connectivity index (χ2n) is 1.27. The van der Waals surface area contributed by atoms with Crippen LogP contribution in [0.2, 0.25) is 0 Å². The molecule has 0 fully saturated rings. The van der Waals surface area contributed by atoms with Gasteiger partial charge in [0.1, 0.15) is 0 Å². The number of hydrogen-bond acceptors (Lipinski definition) is 2. The van der Waals surface area contributed by atoms with Crippen molar-refractivity contribution in [3.05, 3.63) is 24.4 Å². The van der Waals surface area contributed by atoms with Crippen LogP contribution in [0.4, 0.5) is 0 Å². The maximum atomic E-state index is 4.80. The zero-order chi connectivity index (χ0) is 5.82. The van der Waals surface area contributed by atoms with Crippen LogP contribution in [0.1, 0.15) is 0 Å². The first-order valence-corrected chi connectivity index (χ1v) is 2.82. The Morgan fingerprint density at radius 1 is 1.18 bits per heavy atom. The van der Waals surface area contributed by atoms with Crippen molar-refractivity contribution in [2.24, 2.45) is 0 Å². The third-order valence-electron chi connectivity index (χ3n) is 0.742. The third-order valence-corrected chi connectivity index (χ3v) is 1.07. The third kappa shape index (κ3) is 6.91. The van der Waals surface area contributed by atoms with Gasteiger partial charge in [0.2, 0.25) is 0 Å². The standard InChI is InChI=1S/C5H5NO.3ClH.Ti/c7-5-3-1-2-4-6-5;;;;/h1-4H,(H,6,7);3*1H;/q;;;;+4/p-4. The first kappa shape index (κ1) is 17.6. The average molecular weight is 248 g/mol. The van der Waals surface area contributed by atoms with Gasteiger partial charge in [-0.2, -0.15) is 0 Å². The monoisotopic (exact) mass is 247 g/mol. The van der Waals surface area contributed by atoms with Gasteiger partial charge in [-0.05, 0) is 0 Å². The Morgan fingerprint density at radius 2 is 1.82 bits per heavy atom. The van der Waals surface area contributed by atoms with Gasteiger partial charge < -0.3 is 37.2 Å². The van der Waals surface area contributed by atoms with Crippen LogP contribution in [0.5, 0.6) is 5.88 Å². The topological polar surface area (TPSA) is 22.1 Å². The SMILES string of the molecule is [Cl-].[Cl-].[Cl-].[Ti+3][O]c1ccccn1. The molecule has 0 spiro atoms. The minimum atomic E-state index is 0. The predicted octanol–water partition coefficient (Wildman–Crippen LogP) is -8.07. The number of pyridine rings is 1. The summed E-state index contributed by atoms with van der Waals surface area (Å²) in [5, 5.41) is 0. The van der Waals surface area contributed by atoms with E-state index >= 15 is 0 Å². The zero-order valence-corrected chi connectivity index (χ0v) is 9.13. The fourth-order valence-electron chi connectivity index (χ4n) is 0.407. The average Bonchev–Trinajstić information content (AvgIpc) is 1.90. The fourth-order valence-corrected chi connectivity index (χ4v) is 0.596. The van der Waals surface area contributed by atoms with Gasteiger partial charge in [0.05, 0.1) is 0 Å². The molecule has 1 heterocycles. The molecule has 0 aliphatic rings. The zero-order valence-electron chi connectivity index (χ0n) is 5.30. The maximum absolute atomic E-state index is 4.80. The van der Waals surface area contributed by atoms with E-state index in [1.54, 1.807) is 33.1 Å². The molecule has 0 amide bonds. The van der Waals surface area contributed by atoms with Gasteiger partial charge in [0.15, 0.2) is 0 Å². The molecule has 0 aliphatic heterocycles. The van der Waals surface area contributed by atoms with Crippen LogP contribution in [0.3, 0.4) is 0 Å². The quantitative estimate of drug-likeness (QED) is 0.461. The van der Waals surface area contributed by atoms with Crippen LogP contribution >= 0.6 is 0 Å². The summed E-state index contributed by atoms with van der Waals surface area (Å²) >= 11 is 1.60. The van der Waals surface area contributed by atoms with E-state index in [0.717, 1.165) is 0 Å². The van der Waals surface area contributed by atoms with Gasteiger partial charge in [-0.1, -0.05) is 0 Å². The molecule has 1 aromatic rings. The molecule has 0 saturated carbocycles. The Labute approximate surface area is 96.2 Å². The Balaban J connectivity index is -0.000000213. The predicted molar refractivity (Wildman–Crippen MR) is 24.9 cm³/mol. The summed E-state index contributed by atoms with van der Waals surface area (Å²) in [7, 11) is 0. The minimum absolute atomic E-state index is 0. The molecule has 11 heavy (non-hydrogen) atoms. The first-order valence-electron chi connectivity index (χ1n) is 2.18. The number of halogens is 3. The van der Waals surface area contributed by atoms with Crippen molar-refractivity contribution in [1.82, 2.24) is 4.98 Å². The van der Waals surface area contributed by atoms with Crippen molar-refractivity contribution in [2.45, 2.75) is 0 Å². The molecular formula is C5H4Cl3NOTi. The molecule has 0 bridgehead atoms. The van der Waals surface area contributed by atoms with Crippen LogP contribution in [-0.2, 0) is 20.8 Å². The Hall–Kier alpha value is 0.534. The molecule has 0 radical (unpaired) electrons. The van der Waals surface area contributed by atoms with Gasteiger partial charge >= 0.3 is 59.4 Å². The van der Waals surface area contributed by atoms with E-state index in [1.165, 1.54) is 0 Å². The molecule has 1 rings (SSSR count). The number of aromatic nitrogens is 1. The van der Waals surface area contributed by atoms with Crippen LogP contribution in [0.25, 0.3) is 0 Å². The van der Waals surface area contributed by atoms with E-state index in [9.17, 15) is 0 Å². The van der Waals surface area contributed by atoms with E-state index in [2.05, 4.69) is 4.98 Å².